The molecule has 3 heterocycles. The molecule has 1 amide bonds. The molecule has 9 heteroatoms. The summed E-state index contributed by atoms with van der Waals surface area (Å²) in [6.45, 7) is 8.64. The highest BCUT2D eigenvalue weighted by molar-refractivity contribution is 5.92. The van der Waals surface area contributed by atoms with Crippen LogP contribution >= 0.6 is 0 Å². The van der Waals surface area contributed by atoms with Crippen LogP contribution in [0.3, 0.4) is 0 Å². The molecule has 1 fully saturated rings. The molecule has 0 atom stereocenters. The lowest BCUT2D eigenvalue weighted by Crippen LogP contribution is -2.49. The fourth-order valence-electron chi connectivity index (χ4n) is 3.55. The summed E-state index contributed by atoms with van der Waals surface area (Å²) in [6, 6.07) is 13.6. The fraction of sp³-hybridized carbons (Fsp3) is 0.381. The van der Waals surface area contributed by atoms with E-state index in [4.69, 9.17) is 0 Å². The number of para-hydroxylation sites is 1. The Morgan fingerprint density at radius 3 is 2.33 bits per heavy atom. The van der Waals surface area contributed by atoms with Gasteiger partial charge in [0.2, 0.25) is 0 Å². The normalized spacial score (nSPS) is 14.1. The van der Waals surface area contributed by atoms with Crippen LogP contribution in [0.4, 0.5) is 11.6 Å². The second-order valence-electron chi connectivity index (χ2n) is 7.06. The number of piperazine rings is 1. The highest BCUT2D eigenvalue weighted by atomic mass is 16.2. The van der Waals surface area contributed by atoms with Crippen molar-refractivity contribution < 1.29 is 4.79 Å². The summed E-state index contributed by atoms with van der Waals surface area (Å²) in [5.41, 5.74) is 1.18. The van der Waals surface area contributed by atoms with Gasteiger partial charge in [-0.25, -0.2) is 0 Å². The predicted molar refractivity (Wildman–Crippen MR) is 115 cm³/mol. The Kier molecular flexibility index (Phi) is 5.87. The van der Waals surface area contributed by atoms with Gasteiger partial charge in [-0.05, 0) is 38.1 Å². The van der Waals surface area contributed by atoms with Gasteiger partial charge in [0.05, 0.1) is 11.9 Å². The molecule has 0 radical (unpaired) electrons. The third-order valence-electron chi connectivity index (χ3n) is 5.31. The monoisotopic (exact) mass is 406 g/mol. The predicted octanol–water partition coefficient (Wildman–Crippen LogP) is 1.87. The SMILES string of the molecule is CCN(CC)c1ccc(N2CCN(C(=O)c3cnn(-c4ccccc4)n3)CC2)nn1. The zero-order valence-corrected chi connectivity index (χ0v) is 17.3. The smallest absolute Gasteiger partial charge is 0.276 e. The molecule has 0 aliphatic carbocycles. The fourth-order valence-corrected chi connectivity index (χ4v) is 3.55. The molecule has 1 aromatic carbocycles. The van der Waals surface area contributed by atoms with E-state index in [0.29, 0.717) is 31.9 Å². The van der Waals surface area contributed by atoms with Crippen molar-refractivity contribution in [3.05, 3.63) is 54.4 Å². The molecule has 0 N–H and O–H groups in total. The number of nitrogens with zero attached hydrogens (tertiary/aromatic N) is 8. The van der Waals surface area contributed by atoms with Gasteiger partial charge in [0, 0.05) is 39.3 Å². The van der Waals surface area contributed by atoms with Crippen LogP contribution in [0.25, 0.3) is 5.69 Å². The number of carbonyl (C=O) groups excluding carboxylic acids is 1. The second kappa shape index (κ2) is 8.89. The lowest BCUT2D eigenvalue weighted by molar-refractivity contribution is 0.0740. The number of hydrogen-bond acceptors (Lipinski definition) is 7. The summed E-state index contributed by atoms with van der Waals surface area (Å²) in [5, 5.41) is 17.3. The molecule has 0 unspecified atom stereocenters. The first-order valence-corrected chi connectivity index (χ1v) is 10.3. The van der Waals surface area contributed by atoms with E-state index < -0.39 is 0 Å². The van der Waals surface area contributed by atoms with E-state index in [9.17, 15) is 4.79 Å². The van der Waals surface area contributed by atoms with Gasteiger partial charge in [-0.3, -0.25) is 4.79 Å². The maximum atomic E-state index is 12.8. The Labute approximate surface area is 175 Å². The summed E-state index contributed by atoms with van der Waals surface area (Å²) >= 11 is 0. The maximum absolute atomic E-state index is 12.8. The highest BCUT2D eigenvalue weighted by Crippen LogP contribution is 2.17. The van der Waals surface area contributed by atoms with Crippen molar-refractivity contribution in [2.75, 3.05) is 49.1 Å². The van der Waals surface area contributed by atoms with Crippen molar-refractivity contribution in [1.29, 1.82) is 0 Å². The van der Waals surface area contributed by atoms with Gasteiger partial charge in [-0.2, -0.15) is 9.90 Å². The zero-order chi connectivity index (χ0) is 20.9. The van der Waals surface area contributed by atoms with Gasteiger partial charge < -0.3 is 14.7 Å². The van der Waals surface area contributed by atoms with E-state index in [2.05, 4.69) is 44.0 Å². The molecule has 9 nitrogen and oxygen atoms in total. The van der Waals surface area contributed by atoms with Crippen molar-refractivity contribution in [2.45, 2.75) is 13.8 Å². The zero-order valence-electron chi connectivity index (χ0n) is 17.3. The summed E-state index contributed by atoms with van der Waals surface area (Å²) in [7, 11) is 0. The Balaban J connectivity index is 1.36. The number of carbonyl (C=O) groups is 1. The standard InChI is InChI=1S/C21H26N8O/c1-3-26(4-2)19-10-11-20(24-23-19)27-12-14-28(15-13-27)21(30)18-16-22-29(25-18)17-8-6-5-7-9-17/h5-11,16H,3-4,12-15H2,1-2H3. The average Bonchev–Trinajstić information content (AvgIpc) is 3.31. The molecular weight excluding hydrogens is 380 g/mol. The first-order chi connectivity index (χ1) is 14.7. The molecule has 0 spiro atoms. The Bertz CT molecular complexity index is 960. The van der Waals surface area contributed by atoms with Crippen LogP contribution in [0.1, 0.15) is 24.3 Å². The Hall–Kier alpha value is -3.49. The van der Waals surface area contributed by atoms with Crippen molar-refractivity contribution in [3.8, 4) is 5.69 Å². The minimum Gasteiger partial charge on any atom is -0.356 e. The lowest BCUT2D eigenvalue weighted by Gasteiger charge is -2.34. The molecule has 156 valence electrons. The van der Waals surface area contributed by atoms with Crippen molar-refractivity contribution >= 4 is 17.5 Å². The first-order valence-electron chi connectivity index (χ1n) is 10.3. The van der Waals surface area contributed by atoms with Crippen molar-refractivity contribution in [1.82, 2.24) is 30.1 Å². The van der Waals surface area contributed by atoms with Crippen LogP contribution in [0, 0.1) is 0 Å². The molecule has 1 aliphatic rings. The molecule has 1 saturated heterocycles. The number of rotatable bonds is 6. The molecule has 3 aromatic rings. The second-order valence-corrected chi connectivity index (χ2v) is 7.06. The third kappa shape index (κ3) is 4.10. The number of benzene rings is 1. The molecule has 30 heavy (non-hydrogen) atoms. The molecule has 2 aromatic heterocycles. The molecule has 4 rings (SSSR count). The number of hydrogen-bond donors (Lipinski definition) is 0. The van der Waals surface area contributed by atoms with E-state index >= 15 is 0 Å². The topological polar surface area (TPSA) is 83.3 Å². The molecule has 0 bridgehead atoms. The van der Waals surface area contributed by atoms with E-state index in [1.54, 1.807) is 0 Å². The van der Waals surface area contributed by atoms with Gasteiger partial charge >= 0.3 is 0 Å². The molecule has 1 aliphatic heterocycles. The maximum Gasteiger partial charge on any atom is 0.276 e. The number of aromatic nitrogens is 5. The van der Waals surface area contributed by atoms with E-state index in [1.165, 1.54) is 11.0 Å². The third-order valence-corrected chi connectivity index (χ3v) is 5.31. The Morgan fingerprint density at radius 1 is 0.967 bits per heavy atom. The summed E-state index contributed by atoms with van der Waals surface area (Å²) < 4.78 is 0. The van der Waals surface area contributed by atoms with Gasteiger partial charge in [0.1, 0.15) is 0 Å². The van der Waals surface area contributed by atoms with Gasteiger partial charge in [0.25, 0.3) is 5.91 Å². The van der Waals surface area contributed by atoms with E-state index in [-0.39, 0.29) is 5.91 Å². The quantitative estimate of drug-likeness (QED) is 0.618. The highest BCUT2D eigenvalue weighted by Gasteiger charge is 2.25. The minimum absolute atomic E-state index is 0.0974. The number of amides is 1. The average molecular weight is 406 g/mol. The summed E-state index contributed by atoms with van der Waals surface area (Å²) in [5.74, 6) is 1.63. The van der Waals surface area contributed by atoms with Crippen LogP contribution in [0.15, 0.2) is 48.7 Å². The van der Waals surface area contributed by atoms with Crippen LogP contribution in [0.5, 0.6) is 0 Å². The first kappa shape index (κ1) is 19.8. The largest absolute Gasteiger partial charge is 0.356 e. The van der Waals surface area contributed by atoms with Crippen LogP contribution in [-0.4, -0.2) is 75.3 Å². The van der Waals surface area contributed by atoms with Crippen molar-refractivity contribution in [3.63, 3.8) is 0 Å². The lowest BCUT2D eigenvalue weighted by atomic mass is 10.3. The summed E-state index contributed by atoms with van der Waals surface area (Å²) in [6.07, 6.45) is 1.53. The van der Waals surface area contributed by atoms with Gasteiger partial charge in [-0.1, -0.05) is 18.2 Å². The summed E-state index contributed by atoms with van der Waals surface area (Å²) in [4.78, 5) is 20.4. The van der Waals surface area contributed by atoms with Crippen LogP contribution in [-0.2, 0) is 0 Å². The molecular formula is C21H26N8O. The van der Waals surface area contributed by atoms with Gasteiger partial charge in [-0.15, -0.1) is 15.3 Å². The Morgan fingerprint density at radius 2 is 1.70 bits per heavy atom. The van der Waals surface area contributed by atoms with Gasteiger partial charge in [0.15, 0.2) is 17.3 Å². The number of anilines is 2. The molecule has 0 saturated carbocycles. The van der Waals surface area contributed by atoms with Crippen LogP contribution < -0.4 is 9.80 Å². The van der Waals surface area contributed by atoms with Crippen LogP contribution in [0.2, 0.25) is 0 Å². The van der Waals surface area contributed by atoms with E-state index in [0.717, 1.165) is 30.4 Å². The van der Waals surface area contributed by atoms with E-state index in [1.807, 2.05) is 47.4 Å². The minimum atomic E-state index is -0.0974. The van der Waals surface area contributed by atoms with Crippen molar-refractivity contribution in [2.24, 2.45) is 0 Å².